The molecule has 0 N–H and O–H groups in total. The van der Waals surface area contributed by atoms with Crippen LogP contribution in [0.25, 0.3) is 34.4 Å². The van der Waals surface area contributed by atoms with E-state index in [1.165, 1.54) is 66.8 Å². The van der Waals surface area contributed by atoms with Crippen LogP contribution in [-0.2, 0) is 26.4 Å². The van der Waals surface area contributed by atoms with Gasteiger partial charge in [-0.2, -0.15) is 0 Å². The van der Waals surface area contributed by atoms with Crippen molar-refractivity contribution in [3.63, 3.8) is 0 Å². The van der Waals surface area contributed by atoms with Gasteiger partial charge in [-0.05, 0) is 0 Å². The minimum absolute atomic E-state index is 0.0206. The molecule has 2 atom stereocenters. The van der Waals surface area contributed by atoms with Gasteiger partial charge in [-0.1, -0.05) is 0 Å². The molecule has 0 fully saturated rings. The summed E-state index contributed by atoms with van der Waals surface area (Å²) >= 11 is -5.01. The Labute approximate surface area is 324 Å². The number of hydrogen-bond donors (Lipinski definition) is 0. The van der Waals surface area contributed by atoms with E-state index in [0.717, 1.165) is 12.8 Å². The Bertz CT molecular complexity index is 1880. The van der Waals surface area contributed by atoms with E-state index >= 15 is 0 Å². The van der Waals surface area contributed by atoms with Gasteiger partial charge < -0.3 is 0 Å². The normalized spacial score (nSPS) is 18.4. The van der Waals surface area contributed by atoms with Gasteiger partial charge in [0.25, 0.3) is 0 Å². The Morgan fingerprint density at radius 1 is 0.558 bits per heavy atom. The SMILES string of the molecule is CC(C)CC1=Cc2c(ccc(C(C)(C)C)c2-c2ccccc2)[CH]1[Zr]([Cl])([Cl])([CH]1C(CC(C)C)=Cc2c1ccc(C(C)(C)C)c2-c1ccccc1)[SiH](C)C. The van der Waals surface area contributed by atoms with E-state index in [9.17, 15) is 0 Å². The van der Waals surface area contributed by atoms with Crippen LogP contribution in [0.2, 0.25) is 13.1 Å². The Balaban J connectivity index is 1.70. The summed E-state index contributed by atoms with van der Waals surface area (Å²) in [5, 5.41) is 0. The van der Waals surface area contributed by atoms with Gasteiger partial charge in [-0.25, -0.2) is 0 Å². The van der Waals surface area contributed by atoms with Crippen LogP contribution in [0, 0.1) is 11.8 Å². The van der Waals surface area contributed by atoms with Gasteiger partial charge in [-0.3, -0.25) is 0 Å². The third kappa shape index (κ3) is 6.91. The number of halogens is 2. The molecule has 2 unspecified atom stereocenters. The molecule has 0 heterocycles. The monoisotopic (exact) mass is 825 g/mol. The van der Waals surface area contributed by atoms with Crippen LogP contribution in [0.3, 0.4) is 0 Å². The molecule has 52 heavy (non-hydrogen) atoms. The fraction of sp³-hybridized carbons (Fsp3) is 0.417. The fourth-order valence-corrected chi connectivity index (χ4v) is 40.9. The summed E-state index contributed by atoms with van der Waals surface area (Å²) in [7, 11) is 17.9. The van der Waals surface area contributed by atoms with Crippen LogP contribution in [0.5, 0.6) is 0 Å². The van der Waals surface area contributed by atoms with Crippen LogP contribution in [-0.4, -0.2) is 5.92 Å². The van der Waals surface area contributed by atoms with E-state index in [4.69, 9.17) is 17.0 Å². The van der Waals surface area contributed by atoms with Crippen molar-refractivity contribution in [2.24, 2.45) is 11.8 Å². The molecule has 0 saturated heterocycles. The molecule has 0 aromatic heterocycles. The van der Waals surface area contributed by atoms with Crippen molar-refractivity contribution in [2.75, 3.05) is 0 Å². The van der Waals surface area contributed by atoms with Crippen LogP contribution >= 0.6 is 17.0 Å². The number of rotatable bonds is 9. The molecule has 0 aliphatic heterocycles. The third-order valence-corrected chi connectivity index (χ3v) is 63.7. The van der Waals surface area contributed by atoms with Gasteiger partial charge in [0.2, 0.25) is 0 Å². The minimum atomic E-state index is -5.01. The number of allylic oxidation sites excluding steroid dienone is 2. The van der Waals surface area contributed by atoms with E-state index in [1.807, 2.05) is 0 Å². The second-order valence-electron chi connectivity index (χ2n) is 19.1. The van der Waals surface area contributed by atoms with Crippen molar-refractivity contribution in [2.45, 2.75) is 113 Å². The first-order valence-corrected chi connectivity index (χ1v) is 36.0. The third-order valence-electron chi connectivity index (χ3n) is 11.8. The van der Waals surface area contributed by atoms with Crippen LogP contribution in [0.15, 0.2) is 96.1 Å². The van der Waals surface area contributed by atoms with Crippen molar-refractivity contribution in [3.8, 4) is 22.3 Å². The van der Waals surface area contributed by atoms with Crippen molar-refractivity contribution in [3.05, 3.63) is 129 Å². The maximum absolute atomic E-state index is 8.97. The maximum atomic E-state index is 8.97. The molecule has 275 valence electrons. The first-order valence-electron chi connectivity index (χ1n) is 19.7. The zero-order chi connectivity index (χ0) is 38.0. The molecular weight excluding hydrogens is 767 g/mol. The summed E-state index contributed by atoms with van der Waals surface area (Å²) in [6, 6.07) is 31.8. The molecule has 0 amide bonds. The Morgan fingerprint density at radius 3 is 1.19 bits per heavy atom. The first kappa shape index (κ1) is 39.7. The average Bonchev–Trinajstić information content (AvgIpc) is 3.61. The van der Waals surface area contributed by atoms with E-state index in [0.29, 0.717) is 11.8 Å². The summed E-state index contributed by atoms with van der Waals surface area (Å²) in [6.45, 7) is 28.5. The second kappa shape index (κ2) is 14.3. The number of hydrogen-bond acceptors (Lipinski definition) is 0. The summed E-state index contributed by atoms with van der Waals surface area (Å²) in [5.41, 5.74) is 16.4. The molecule has 4 heteroatoms. The first-order chi connectivity index (χ1) is 24.2. The van der Waals surface area contributed by atoms with Crippen molar-refractivity contribution >= 4 is 35.1 Å². The summed E-state index contributed by atoms with van der Waals surface area (Å²) < 4.78 is 0.138. The molecule has 0 spiro atoms. The second-order valence-corrected chi connectivity index (χ2v) is 61.6. The summed E-state index contributed by atoms with van der Waals surface area (Å²) in [5.74, 6) is -0.733. The predicted octanol–water partition coefficient (Wildman–Crippen LogP) is 15.3. The molecule has 6 rings (SSSR count). The topological polar surface area (TPSA) is 0 Å². The standard InChI is InChI=1S/2C23H27.C2H7Si.2ClH.Zr/c2*1-16(2)13-17-14-19-11-12-21(23(3,4)5)22(20(19)15-17)18-9-7-6-8-10-18;1-3-2;;;/h2*6-12,14-16H,13H2,1-5H3;3H,1-2H3;2*1H;/q;;;;;+2/p-2. The summed E-state index contributed by atoms with van der Waals surface area (Å²) in [6.07, 6.45) is 7.13. The van der Waals surface area contributed by atoms with Crippen LogP contribution in [0.4, 0.5) is 0 Å². The molecule has 0 bridgehead atoms. The molecular formula is C48H61Cl2SiZr. The van der Waals surface area contributed by atoms with Gasteiger partial charge in [0, 0.05) is 0 Å². The Kier molecular flexibility index (Phi) is 10.9. The molecule has 0 radical (unpaired) electrons. The van der Waals surface area contributed by atoms with E-state index in [1.54, 1.807) is 0 Å². The van der Waals surface area contributed by atoms with Crippen molar-refractivity contribution in [1.82, 2.24) is 0 Å². The van der Waals surface area contributed by atoms with Crippen LogP contribution < -0.4 is 0 Å². The molecule has 4 aromatic carbocycles. The van der Waals surface area contributed by atoms with Gasteiger partial charge in [0.15, 0.2) is 0 Å². The van der Waals surface area contributed by atoms with E-state index < -0.39 is 21.5 Å². The molecule has 4 aromatic rings. The zero-order valence-corrected chi connectivity index (χ0v) is 38.9. The predicted molar refractivity (Wildman–Crippen MR) is 232 cm³/mol. The Morgan fingerprint density at radius 2 is 0.904 bits per heavy atom. The molecule has 0 saturated carbocycles. The molecule has 2 aliphatic rings. The van der Waals surface area contributed by atoms with E-state index in [-0.39, 0.29) is 18.1 Å². The quantitative estimate of drug-likeness (QED) is 0.147. The van der Waals surface area contributed by atoms with Gasteiger partial charge in [-0.15, -0.1) is 0 Å². The van der Waals surface area contributed by atoms with Gasteiger partial charge in [0.1, 0.15) is 0 Å². The molecule has 0 nitrogen and oxygen atoms in total. The summed E-state index contributed by atoms with van der Waals surface area (Å²) in [4.78, 5) is 0. The number of benzene rings is 4. The zero-order valence-electron chi connectivity index (χ0n) is 33.8. The fourth-order valence-electron chi connectivity index (χ4n) is 9.54. The molecule has 2 aliphatic carbocycles. The number of fused-ring (bicyclic) bond motifs is 2. The van der Waals surface area contributed by atoms with Gasteiger partial charge in [0.05, 0.1) is 0 Å². The van der Waals surface area contributed by atoms with Crippen molar-refractivity contribution in [1.29, 1.82) is 0 Å². The van der Waals surface area contributed by atoms with Gasteiger partial charge >= 0.3 is 327 Å². The van der Waals surface area contributed by atoms with E-state index in [2.05, 4.69) is 179 Å². The van der Waals surface area contributed by atoms with Crippen molar-refractivity contribution < 1.29 is 15.6 Å². The van der Waals surface area contributed by atoms with Crippen LogP contribution in [0.1, 0.15) is 123 Å². The average molecular weight is 828 g/mol. The Hall–Kier alpha value is -1.96.